The quantitative estimate of drug-likeness (QED) is 0.655. The highest BCUT2D eigenvalue weighted by Gasteiger charge is 2.09. The first-order valence-electron chi connectivity index (χ1n) is 8.24. The summed E-state index contributed by atoms with van der Waals surface area (Å²) in [4.78, 5) is 31.8. The van der Waals surface area contributed by atoms with Crippen LogP contribution in [0.3, 0.4) is 0 Å². The molecule has 0 aliphatic rings. The van der Waals surface area contributed by atoms with Gasteiger partial charge in [-0.15, -0.1) is 0 Å². The number of nitrogens with one attached hydrogen (secondary N) is 2. The van der Waals surface area contributed by atoms with Crippen LogP contribution in [-0.4, -0.2) is 29.0 Å². The summed E-state index contributed by atoms with van der Waals surface area (Å²) in [5, 5.41) is 6.00. The van der Waals surface area contributed by atoms with Crippen molar-refractivity contribution in [1.29, 1.82) is 0 Å². The second kappa shape index (κ2) is 8.57. The number of hydrogen-bond donors (Lipinski definition) is 2. The van der Waals surface area contributed by atoms with E-state index in [9.17, 15) is 9.59 Å². The van der Waals surface area contributed by atoms with E-state index < -0.39 is 5.97 Å². The Labute approximate surface area is 156 Å². The first-order chi connectivity index (χ1) is 13.2. The van der Waals surface area contributed by atoms with E-state index >= 15 is 0 Å². The molecule has 2 N–H and O–H groups in total. The third-order valence-electron chi connectivity index (χ3n) is 3.79. The molecule has 0 saturated carbocycles. The number of esters is 1. The van der Waals surface area contributed by atoms with Crippen LogP contribution in [0.15, 0.2) is 67.1 Å². The zero-order valence-corrected chi connectivity index (χ0v) is 14.7. The van der Waals surface area contributed by atoms with E-state index in [-0.39, 0.29) is 5.91 Å². The minimum absolute atomic E-state index is 0.267. The van der Waals surface area contributed by atoms with E-state index in [1.807, 2.05) is 12.1 Å². The number of rotatable bonds is 6. The predicted octanol–water partition coefficient (Wildman–Crippen LogP) is 2.94. The lowest BCUT2D eigenvalue weighted by atomic mass is 10.2. The Morgan fingerprint density at radius 3 is 2.41 bits per heavy atom. The Hall–Kier alpha value is -3.74. The van der Waals surface area contributed by atoms with Crippen LogP contribution in [0.4, 0.5) is 11.4 Å². The third-order valence-corrected chi connectivity index (χ3v) is 3.79. The number of amides is 1. The van der Waals surface area contributed by atoms with Crippen LogP contribution < -0.4 is 10.6 Å². The van der Waals surface area contributed by atoms with Crippen molar-refractivity contribution in [3.05, 3.63) is 83.9 Å². The van der Waals surface area contributed by atoms with Gasteiger partial charge in [0, 0.05) is 36.5 Å². The molecule has 1 amide bonds. The van der Waals surface area contributed by atoms with Crippen LogP contribution in [0.25, 0.3) is 0 Å². The van der Waals surface area contributed by atoms with Crippen LogP contribution in [0.5, 0.6) is 0 Å². The Morgan fingerprint density at radius 1 is 0.963 bits per heavy atom. The SMILES string of the molecule is COC(=O)c1ccc(Nc2ccnc(C(=O)NCc3ccncc3)c2)cc1. The first-order valence-corrected chi connectivity index (χ1v) is 8.24. The van der Waals surface area contributed by atoms with Crippen molar-refractivity contribution in [2.45, 2.75) is 6.54 Å². The summed E-state index contributed by atoms with van der Waals surface area (Å²) in [6.45, 7) is 0.398. The highest BCUT2D eigenvalue weighted by atomic mass is 16.5. The van der Waals surface area contributed by atoms with Crippen molar-refractivity contribution < 1.29 is 14.3 Å². The maximum absolute atomic E-state index is 12.3. The molecule has 0 aliphatic heterocycles. The summed E-state index contributed by atoms with van der Waals surface area (Å²) < 4.78 is 4.68. The number of carbonyl (C=O) groups is 2. The van der Waals surface area contributed by atoms with Gasteiger partial charge in [0.1, 0.15) is 5.69 Å². The number of pyridine rings is 2. The van der Waals surface area contributed by atoms with Gasteiger partial charge in [-0.3, -0.25) is 14.8 Å². The maximum Gasteiger partial charge on any atom is 0.337 e. The van der Waals surface area contributed by atoms with Gasteiger partial charge in [-0.05, 0) is 54.1 Å². The minimum Gasteiger partial charge on any atom is -0.465 e. The van der Waals surface area contributed by atoms with Crippen LogP contribution in [0.1, 0.15) is 26.4 Å². The van der Waals surface area contributed by atoms with Gasteiger partial charge in [-0.25, -0.2) is 4.79 Å². The molecule has 0 radical (unpaired) electrons. The Morgan fingerprint density at radius 2 is 1.70 bits per heavy atom. The normalized spacial score (nSPS) is 10.1. The Kier molecular flexibility index (Phi) is 5.73. The van der Waals surface area contributed by atoms with Crippen LogP contribution >= 0.6 is 0 Å². The van der Waals surface area contributed by atoms with Crippen molar-refractivity contribution in [3.8, 4) is 0 Å². The zero-order chi connectivity index (χ0) is 19.1. The van der Waals surface area contributed by atoms with E-state index in [4.69, 9.17) is 0 Å². The summed E-state index contributed by atoms with van der Waals surface area (Å²) in [5.74, 6) is -0.657. The summed E-state index contributed by atoms with van der Waals surface area (Å²) in [6, 6.07) is 13.9. The van der Waals surface area contributed by atoms with Gasteiger partial charge in [-0.1, -0.05) is 0 Å². The lowest BCUT2D eigenvalue weighted by Gasteiger charge is -2.09. The molecule has 2 aromatic heterocycles. The van der Waals surface area contributed by atoms with Crippen LogP contribution in [0, 0.1) is 0 Å². The van der Waals surface area contributed by atoms with E-state index in [2.05, 4.69) is 25.3 Å². The van der Waals surface area contributed by atoms with Crippen molar-refractivity contribution >= 4 is 23.3 Å². The molecule has 0 spiro atoms. The van der Waals surface area contributed by atoms with Gasteiger partial charge in [0.15, 0.2) is 0 Å². The molecule has 3 rings (SSSR count). The minimum atomic E-state index is -0.390. The summed E-state index contributed by atoms with van der Waals surface area (Å²) in [6.07, 6.45) is 4.91. The van der Waals surface area contributed by atoms with Gasteiger partial charge in [-0.2, -0.15) is 0 Å². The number of methoxy groups -OCH3 is 1. The summed E-state index contributed by atoms with van der Waals surface area (Å²) in [7, 11) is 1.34. The van der Waals surface area contributed by atoms with E-state index in [0.717, 1.165) is 11.3 Å². The molecule has 2 heterocycles. The second-order valence-electron chi connectivity index (χ2n) is 5.66. The molecule has 27 heavy (non-hydrogen) atoms. The predicted molar refractivity (Wildman–Crippen MR) is 101 cm³/mol. The van der Waals surface area contributed by atoms with E-state index in [0.29, 0.717) is 23.5 Å². The number of nitrogens with zero attached hydrogens (tertiary/aromatic N) is 2. The fourth-order valence-electron chi connectivity index (χ4n) is 2.38. The Balaban J connectivity index is 1.64. The molecule has 3 aromatic rings. The van der Waals surface area contributed by atoms with E-state index in [1.165, 1.54) is 7.11 Å². The maximum atomic E-state index is 12.3. The van der Waals surface area contributed by atoms with Gasteiger partial charge in [0.2, 0.25) is 0 Å². The lowest BCUT2D eigenvalue weighted by Crippen LogP contribution is -2.23. The molecule has 136 valence electrons. The molecule has 0 unspecified atom stereocenters. The second-order valence-corrected chi connectivity index (χ2v) is 5.66. The smallest absolute Gasteiger partial charge is 0.337 e. The Bertz CT molecular complexity index is 927. The molecular formula is C20H18N4O3. The monoisotopic (exact) mass is 362 g/mol. The topological polar surface area (TPSA) is 93.2 Å². The molecule has 1 aromatic carbocycles. The largest absolute Gasteiger partial charge is 0.465 e. The summed E-state index contributed by atoms with van der Waals surface area (Å²) >= 11 is 0. The number of hydrogen-bond acceptors (Lipinski definition) is 6. The fourth-order valence-corrected chi connectivity index (χ4v) is 2.38. The number of benzene rings is 1. The highest BCUT2D eigenvalue weighted by Crippen LogP contribution is 2.18. The standard InChI is InChI=1S/C20H18N4O3/c1-27-20(26)15-2-4-16(5-3-15)24-17-8-11-22-18(12-17)19(25)23-13-14-6-9-21-10-7-14/h2-12H,13H2,1H3,(H,22,24)(H,23,25). The zero-order valence-electron chi connectivity index (χ0n) is 14.7. The molecule has 0 bridgehead atoms. The number of aromatic nitrogens is 2. The van der Waals surface area contributed by atoms with Crippen molar-refractivity contribution in [3.63, 3.8) is 0 Å². The van der Waals surface area contributed by atoms with Crippen molar-refractivity contribution in [1.82, 2.24) is 15.3 Å². The average molecular weight is 362 g/mol. The molecule has 0 fully saturated rings. The number of ether oxygens (including phenoxy) is 1. The van der Waals surface area contributed by atoms with Gasteiger partial charge < -0.3 is 15.4 Å². The third kappa shape index (κ3) is 4.88. The molecule has 0 atom stereocenters. The average Bonchev–Trinajstić information content (AvgIpc) is 2.73. The van der Waals surface area contributed by atoms with Gasteiger partial charge >= 0.3 is 5.97 Å². The van der Waals surface area contributed by atoms with Gasteiger partial charge in [0.25, 0.3) is 5.91 Å². The van der Waals surface area contributed by atoms with Crippen LogP contribution in [0.2, 0.25) is 0 Å². The molecule has 0 aliphatic carbocycles. The first kappa shape index (κ1) is 18.1. The van der Waals surface area contributed by atoms with Crippen molar-refractivity contribution in [2.24, 2.45) is 0 Å². The number of carbonyl (C=O) groups excluding carboxylic acids is 2. The lowest BCUT2D eigenvalue weighted by molar-refractivity contribution is 0.0600. The van der Waals surface area contributed by atoms with Crippen LogP contribution in [-0.2, 0) is 11.3 Å². The fraction of sp³-hybridized carbons (Fsp3) is 0.100. The molecule has 7 nitrogen and oxygen atoms in total. The van der Waals surface area contributed by atoms with E-state index in [1.54, 1.807) is 55.0 Å². The van der Waals surface area contributed by atoms with Crippen molar-refractivity contribution in [2.75, 3.05) is 12.4 Å². The molecule has 0 saturated heterocycles. The molecule has 7 heteroatoms. The highest BCUT2D eigenvalue weighted by molar-refractivity contribution is 5.93. The number of anilines is 2. The van der Waals surface area contributed by atoms with Gasteiger partial charge in [0.05, 0.1) is 12.7 Å². The molecular weight excluding hydrogens is 344 g/mol. The summed E-state index contributed by atoms with van der Waals surface area (Å²) in [5.41, 5.74) is 3.22.